The van der Waals surface area contributed by atoms with Crippen molar-refractivity contribution in [3.05, 3.63) is 46.1 Å². The predicted molar refractivity (Wildman–Crippen MR) is 76.7 cm³/mol. The van der Waals surface area contributed by atoms with E-state index in [1.807, 2.05) is 13.0 Å². The number of carboxylic acids is 1. The SMILES string of the molecule is COc1ccc(Oc2ncc(C)cc2Br)c(C(=O)O)c1. The maximum Gasteiger partial charge on any atom is 0.339 e. The number of hydrogen-bond acceptors (Lipinski definition) is 4. The van der Waals surface area contributed by atoms with E-state index in [9.17, 15) is 9.90 Å². The minimum absolute atomic E-state index is 0.0126. The van der Waals surface area contributed by atoms with E-state index in [2.05, 4.69) is 20.9 Å². The number of halogens is 1. The second kappa shape index (κ2) is 5.92. The van der Waals surface area contributed by atoms with Gasteiger partial charge in [0.25, 0.3) is 0 Å². The third-order valence-corrected chi connectivity index (χ3v) is 3.14. The molecule has 0 bridgehead atoms. The van der Waals surface area contributed by atoms with Gasteiger partial charge in [0.2, 0.25) is 5.88 Å². The van der Waals surface area contributed by atoms with Gasteiger partial charge in [-0.05, 0) is 52.7 Å². The zero-order valence-corrected chi connectivity index (χ0v) is 12.5. The first-order valence-electron chi connectivity index (χ1n) is 5.72. The van der Waals surface area contributed by atoms with Gasteiger partial charge < -0.3 is 14.6 Å². The molecule has 0 saturated carbocycles. The molecule has 1 aromatic carbocycles. The Bertz CT molecular complexity index is 658. The molecule has 0 fully saturated rings. The van der Waals surface area contributed by atoms with Crippen LogP contribution in [-0.4, -0.2) is 23.2 Å². The van der Waals surface area contributed by atoms with Gasteiger partial charge in [0.05, 0.1) is 11.6 Å². The van der Waals surface area contributed by atoms with E-state index in [0.717, 1.165) is 5.56 Å². The summed E-state index contributed by atoms with van der Waals surface area (Å²) in [7, 11) is 1.47. The molecule has 1 N–H and O–H groups in total. The standard InChI is InChI=1S/C14H12BrNO4/c1-8-5-11(15)13(16-7-8)20-12-4-3-9(19-2)6-10(12)14(17)18/h3-7H,1-2H3,(H,17,18). The topological polar surface area (TPSA) is 68.7 Å². The number of methoxy groups -OCH3 is 1. The summed E-state index contributed by atoms with van der Waals surface area (Å²) >= 11 is 3.33. The molecule has 1 heterocycles. The van der Waals surface area contributed by atoms with Gasteiger partial charge in [-0.2, -0.15) is 0 Å². The average molecular weight is 338 g/mol. The van der Waals surface area contributed by atoms with Crippen LogP contribution in [0.4, 0.5) is 0 Å². The van der Waals surface area contributed by atoms with Crippen LogP contribution in [0.15, 0.2) is 34.9 Å². The van der Waals surface area contributed by atoms with E-state index >= 15 is 0 Å². The van der Waals surface area contributed by atoms with Crippen molar-refractivity contribution in [2.45, 2.75) is 6.92 Å². The molecule has 0 atom stereocenters. The Morgan fingerprint density at radius 3 is 2.70 bits per heavy atom. The van der Waals surface area contributed by atoms with E-state index in [1.54, 1.807) is 12.3 Å². The first kappa shape index (κ1) is 14.3. The number of hydrogen-bond donors (Lipinski definition) is 1. The summed E-state index contributed by atoms with van der Waals surface area (Å²) in [4.78, 5) is 15.4. The van der Waals surface area contributed by atoms with Gasteiger partial charge in [0.15, 0.2) is 0 Å². The van der Waals surface area contributed by atoms with E-state index in [0.29, 0.717) is 16.1 Å². The van der Waals surface area contributed by atoms with Crippen LogP contribution in [0.2, 0.25) is 0 Å². The third-order valence-electron chi connectivity index (χ3n) is 2.57. The number of nitrogens with zero attached hydrogens (tertiary/aromatic N) is 1. The fraction of sp³-hybridized carbons (Fsp3) is 0.143. The van der Waals surface area contributed by atoms with Gasteiger partial charge in [0, 0.05) is 6.20 Å². The molecule has 2 aromatic rings. The van der Waals surface area contributed by atoms with Crippen molar-refractivity contribution >= 4 is 21.9 Å². The molecule has 0 aliphatic carbocycles. The highest BCUT2D eigenvalue weighted by molar-refractivity contribution is 9.10. The van der Waals surface area contributed by atoms with Crippen LogP contribution in [-0.2, 0) is 0 Å². The zero-order valence-electron chi connectivity index (χ0n) is 10.9. The van der Waals surface area contributed by atoms with Crippen LogP contribution in [0.5, 0.6) is 17.4 Å². The molecule has 0 amide bonds. The third kappa shape index (κ3) is 3.08. The number of pyridine rings is 1. The fourth-order valence-corrected chi connectivity index (χ4v) is 2.14. The maximum atomic E-state index is 11.3. The zero-order chi connectivity index (χ0) is 14.7. The number of ether oxygens (including phenoxy) is 2. The molecule has 0 aliphatic rings. The lowest BCUT2D eigenvalue weighted by Gasteiger charge is -2.10. The minimum Gasteiger partial charge on any atom is -0.497 e. The van der Waals surface area contributed by atoms with Crippen molar-refractivity contribution in [2.24, 2.45) is 0 Å². The van der Waals surface area contributed by atoms with Crippen molar-refractivity contribution in [3.8, 4) is 17.4 Å². The summed E-state index contributed by atoms with van der Waals surface area (Å²) in [6, 6.07) is 6.41. The Morgan fingerprint density at radius 2 is 2.10 bits per heavy atom. The monoisotopic (exact) mass is 337 g/mol. The number of carboxylic acid groups (broad SMARTS) is 1. The molecular weight excluding hydrogens is 326 g/mol. The largest absolute Gasteiger partial charge is 0.497 e. The minimum atomic E-state index is -1.10. The molecule has 20 heavy (non-hydrogen) atoms. The quantitative estimate of drug-likeness (QED) is 0.922. The van der Waals surface area contributed by atoms with Gasteiger partial charge in [-0.1, -0.05) is 0 Å². The Hall–Kier alpha value is -2.08. The highest BCUT2D eigenvalue weighted by Crippen LogP contribution is 2.32. The average Bonchev–Trinajstić information content (AvgIpc) is 2.42. The molecule has 104 valence electrons. The number of rotatable bonds is 4. The molecule has 5 nitrogen and oxygen atoms in total. The number of aromatic carboxylic acids is 1. The van der Waals surface area contributed by atoms with Crippen LogP contribution in [0, 0.1) is 6.92 Å². The van der Waals surface area contributed by atoms with Gasteiger partial charge >= 0.3 is 5.97 Å². The highest BCUT2D eigenvalue weighted by atomic mass is 79.9. The van der Waals surface area contributed by atoms with Crippen LogP contribution < -0.4 is 9.47 Å². The summed E-state index contributed by atoms with van der Waals surface area (Å²) in [6.45, 7) is 1.90. The lowest BCUT2D eigenvalue weighted by Crippen LogP contribution is -2.01. The molecule has 0 unspecified atom stereocenters. The second-order valence-electron chi connectivity index (χ2n) is 4.07. The maximum absolute atomic E-state index is 11.3. The van der Waals surface area contributed by atoms with E-state index < -0.39 is 5.97 Å². The highest BCUT2D eigenvalue weighted by Gasteiger charge is 2.15. The van der Waals surface area contributed by atoms with E-state index in [1.165, 1.54) is 19.2 Å². The van der Waals surface area contributed by atoms with Crippen molar-refractivity contribution in [1.82, 2.24) is 4.98 Å². The van der Waals surface area contributed by atoms with Crippen molar-refractivity contribution in [1.29, 1.82) is 0 Å². The number of benzene rings is 1. The summed E-state index contributed by atoms with van der Waals surface area (Å²) in [5, 5.41) is 9.21. The molecule has 0 spiro atoms. The summed E-state index contributed by atoms with van der Waals surface area (Å²) in [5.74, 6) is -0.133. The molecule has 6 heteroatoms. The Labute approximate surface area is 124 Å². The lowest BCUT2D eigenvalue weighted by molar-refractivity contribution is 0.0693. The summed E-state index contributed by atoms with van der Waals surface area (Å²) in [5.41, 5.74) is 0.982. The second-order valence-corrected chi connectivity index (χ2v) is 4.92. The first-order valence-corrected chi connectivity index (χ1v) is 6.52. The molecule has 1 aromatic heterocycles. The Balaban J connectivity index is 2.40. The van der Waals surface area contributed by atoms with Gasteiger partial charge in [-0.3, -0.25) is 0 Å². The van der Waals surface area contributed by atoms with Gasteiger partial charge in [-0.15, -0.1) is 0 Å². The fourth-order valence-electron chi connectivity index (χ4n) is 1.59. The van der Waals surface area contributed by atoms with Crippen LogP contribution in [0.1, 0.15) is 15.9 Å². The molecular formula is C14H12BrNO4. The molecule has 0 saturated heterocycles. The van der Waals surface area contributed by atoms with Gasteiger partial charge in [0.1, 0.15) is 17.1 Å². The summed E-state index contributed by atoms with van der Waals surface area (Å²) < 4.78 is 11.2. The number of carbonyl (C=O) groups is 1. The van der Waals surface area contributed by atoms with Crippen LogP contribution >= 0.6 is 15.9 Å². The van der Waals surface area contributed by atoms with E-state index in [-0.39, 0.29) is 11.3 Å². The normalized spacial score (nSPS) is 10.2. The van der Waals surface area contributed by atoms with Crippen molar-refractivity contribution < 1.29 is 19.4 Å². The molecule has 0 radical (unpaired) electrons. The van der Waals surface area contributed by atoms with Gasteiger partial charge in [-0.25, -0.2) is 9.78 Å². The van der Waals surface area contributed by atoms with E-state index in [4.69, 9.17) is 9.47 Å². The van der Waals surface area contributed by atoms with Crippen molar-refractivity contribution in [2.75, 3.05) is 7.11 Å². The number of aromatic nitrogens is 1. The lowest BCUT2D eigenvalue weighted by atomic mass is 10.2. The van der Waals surface area contributed by atoms with Crippen molar-refractivity contribution in [3.63, 3.8) is 0 Å². The molecule has 2 rings (SSSR count). The Kier molecular flexibility index (Phi) is 4.24. The smallest absolute Gasteiger partial charge is 0.339 e. The summed E-state index contributed by atoms with van der Waals surface area (Å²) in [6.07, 6.45) is 1.64. The Morgan fingerprint density at radius 1 is 1.35 bits per heavy atom. The molecule has 0 aliphatic heterocycles. The predicted octanol–water partition coefficient (Wildman–Crippen LogP) is 3.65. The number of aryl methyl sites for hydroxylation is 1. The van der Waals surface area contributed by atoms with Crippen LogP contribution in [0.3, 0.4) is 0 Å². The first-order chi connectivity index (χ1) is 9.51. The van der Waals surface area contributed by atoms with Crippen LogP contribution in [0.25, 0.3) is 0 Å².